The first-order valence-corrected chi connectivity index (χ1v) is 9.64. The second-order valence-corrected chi connectivity index (χ2v) is 7.92. The van der Waals surface area contributed by atoms with E-state index in [4.69, 9.17) is 16.3 Å². The van der Waals surface area contributed by atoms with Crippen molar-refractivity contribution >= 4 is 33.0 Å². The molecule has 0 radical (unpaired) electrons. The quantitative estimate of drug-likeness (QED) is 0.820. The molecule has 0 N–H and O–H groups in total. The average molecular weight is 378 g/mol. The second kappa shape index (κ2) is 6.90. The molecule has 1 aliphatic heterocycles. The molecule has 1 atom stereocenters. The summed E-state index contributed by atoms with van der Waals surface area (Å²) < 4.78 is 28.8. The van der Waals surface area contributed by atoms with Crippen LogP contribution in [0, 0.1) is 0 Å². The lowest BCUT2D eigenvalue weighted by Gasteiger charge is -2.28. The molecule has 0 bridgehead atoms. The van der Waals surface area contributed by atoms with Gasteiger partial charge in [0.1, 0.15) is 5.75 Å². The number of ether oxygens (including phenoxy) is 1. The first kappa shape index (κ1) is 17.5. The van der Waals surface area contributed by atoms with Gasteiger partial charge in [0.05, 0.1) is 29.5 Å². The summed E-state index contributed by atoms with van der Waals surface area (Å²) >= 11 is 6.16. The van der Waals surface area contributed by atoms with Crippen molar-refractivity contribution in [3.05, 3.63) is 70.6 Å². The van der Waals surface area contributed by atoms with Gasteiger partial charge >= 0.3 is 0 Å². The minimum Gasteiger partial charge on any atom is -0.497 e. The number of sulfone groups is 1. The summed E-state index contributed by atoms with van der Waals surface area (Å²) in [6, 6.07) is 13.0. The second-order valence-electron chi connectivity index (χ2n) is 5.58. The van der Waals surface area contributed by atoms with Crippen molar-refractivity contribution in [3.63, 3.8) is 0 Å². The molecule has 0 saturated carbocycles. The Morgan fingerprint density at radius 3 is 2.40 bits per heavy atom. The van der Waals surface area contributed by atoms with E-state index in [9.17, 15) is 13.2 Å². The van der Waals surface area contributed by atoms with Crippen molar-refractivity contribution in [1.82, 2.24) is 0 Å². The standard InChI is InChI=1S/C18H16ClNO4S/c1-24-15-8-6-13(7-9-15)20(14-10-11-25(22,23)12-14)18(21)16-4-2-3-5-17(16)19/h2-11,14H,12H2,1H3/t14-/m1/s1. The van der Waals surface area contributed by atoms with E-state index in [1.165, 1.54) is 11.0 Å². The number of amides is 1. The van der Waals surface area contributed by atoms with Gasteiger partial charge in [-0.05, 0) is 42.5 Å². The van der Waals surface area contributed by atoms with Crippen LogP contribution < -0.4 is 9.64 Å². The Bertz CT molecular complexity index is 922. The molecule has 25 heavy (non-hydrogen) atoms. The van der Waals surface area contributed by atoms with Crippen molar-refractivity contribution in [1.29, 1.82) is 0 Å². The van der Waals surface area contributed by atoms with Crippen LogP contribution >= 0.6 is 11.6 Å². The van der Waals surface area contributed by atoms with Gasteiger partial charge < -0.3 is 9.64 Å². The molecule has 0 fully saturated rings. The Morgan fingerprint density at radius 1 is 1.16 bits per heavy atom. The van der Waals surface area contributed by atoms with Gasteiger partial charge in [-0.1, -0.05) is 23.7 Å². The summed E-state index contributed by atoms with van der Waals surface area (Å²) in [5.74, 6) is 0.126. The van der Waals surface area contributed by atoms with Crippen LogP contribution in [0.15, 0.2) is 60.0 Å². The van der Waals surface area contributed by atoms with Gasteiger partial charge in [0.2, 0.25) is 0 Å². The van der Waals surface area contributed by atoms with Crippen molar-refractivity contribution in [3.8, 4) is 5.75 Å². The Hall–Kier alpha value is -2.31. The molecule has 7 heteroatoms. The summed E-state index contributed by atoms with van der Waals surface area (Å²) in [5.41, 5.74) is 0.884. The van der Waals surface area contributed by atoms with Crippen molar-refractivity contribution in [2.45, 2.75) is 6.04 Å². The summed E-state index contributed by atoms with van der Waals surface area (Å²) in [7, 11) is -1.77. The minimum atomic E-state index is -3.32. The Labute approximate surface area is 151 Å². The molecule has 1 amide bonds. The topological polar surface area (TPSA) is 63.7 Å². The van der Waals surface area contributed by atoms with E-state index in [2.05, 4.69) is 0 Å². The highest BCUT2D eigenvalue weighted by atomic mass is 35.5. The van der Waals surface area contributed by atoms with Crippen LogP contribution in [0.1, 0.15) is 10.4 Å². The third-order valence-electron chi connectivity index (χ3n) is 3.92. The van der Waals surface area contributed by atoms with Crippen LogP contribution in [-0.2, 0) is 9.84 Å². The highest BCUT2D eigenvalue weighted by Crippen LogP contribution is 2.28. The molecular weight excluding hydrogens is 362 g/mol. The van der Waals surface area contributed by atoms with Crippen LogP contribution in [0.5, 0.6) is 5.75 Å². The molecule has 0 saturated heterocycles. The smallest absolute Gasteiger partial charge is 0.260 e. The van der Waals surface area contributed by atoms with E-state index in [0.717, 1.165) is 5.41 Å². The van der Waals surface area contributed by atoms with E-state index in [1.807, 2.05) is 0 Å². The van der Waals surface area contributed by atoms with Crippen molar-refractivity contribution in [2.75, 3.05) is 17.8 Å². The van der Waals surface area contributed by atoms with Crippen LogP contribution in [0.25, 0.3) is 0 Å². The lowest BCUT2D eigenvalue weighted by Crippen LogP contribution is -2.41. The highest BCUT2D eigenvalue weighted by molar-refractivity contribution is 7.94. The summed E-state index contributed by atoms with van der Waals surface area (Å²) in [5, 5.41) is 1.46. The van der Waals surface area contributed by atoms with Crippen LogP contribution in [0.2, 0.25) is 5.02 Å². The van der Waals surface area contributed by atoms with E-state index in [1.54, 1.807) is 55.6 Å². The number of halogens is 1. The van der Waals surface area contributed by atoms with Gasteiger partial charge in [0, 0.05) is 11.1 Å². The monoisotopic (exact) mass is 377 g/mol. The average Bonchev–Trinajstić information content (AvgIpc) is 2.95. The molecule has 2 aromatic rings. The lowest BCUT2D eigenvalue weighted by molar-refractivity contribution is 0.0983. The highest BCUT2D eigenvalue weighted by Gasteiger charge is 2.32. The molecule has 1 heterocycles. The predicted molar refractivity (Wildman–Crippen MR) is 98.0 cm³/mol. The molecule has 3 rings (SSSR count). The fourth-order valence-corrected chi connectivity index (χ4v) is 4.17. The van der Waals surface area contributed by atoms with E-state index in [-0.39, 0.29) is 11.7 Å². The third-order valence-corrected chi connectivity index (χ3v) is 5.62. The molecule has 5 nitrogen and oxygen atoms in total. The zero-order valence-electron chi connectivity index (χ0n) is 13.4. The van der Waals surface area contributed by atoms with E-state index < -0.39 is 15.9 Å². The van der Waals surface area contributed by atoms with Gasteiger partial charge in [-0.25, -0.2) is 8.42 Å². The summed E-state index contributed by atoms with van der Waals surface area (Å²) in [6.45, 7) is 0. The first-order valence-electron chi connectivity index (χ1n) is 7.54. The number of methoxy groups -OCH3 is 1. The molecule has 0 aliphatic carbocycles. The number of carbonyl (C=O) groups excluding carboxylic acids is 1. The van der Waals surface area contributed by atoms with Crippen molar-refractivity contribution < 1.29 is 17.9 Å². The fourth-order valence-electron chi connectivity index (χ4n) is 2.69. The van der Waals surface area contributed by atoms with Gasteiger partial charge in [-0.3, -0.25) is 4.79 Å². The molecule has 0 aromatic heterocycles. The number of anilines is 1. The van der Waals surface area contributed by atoms with Gasteiger partial charge in [-0.15, -0.1) is 0 Å². The number of nitrogens with zero attached hydrogens (tertiary/aromatic N) is 1. The Morgan fingerprint density at radius 2 is 1.84 bits per heavy atom. The fraction of sp³-hybridized carbons (Fsp3) is 0.167. The summed E-state index contributed by atoms with van der Waals surface area (Å²) in [4.78, 5) is 14.5. The molecule has 2 aromatic carbocycles. The Balaban J connectivity index is 2.04. The molecule has 130 valence electrons. The zero-order chi connectivity index (χ0) is 18.0. The van der Waals surface area contributed by atoms with E-state index >= 15 is 0 Å². The third kappa shape index (κ3) is 3.70. The van der Waals surface area contributed by atoms with Gasteiger partial charge in [-0.2, -0.15) is 0 Å². The lowest BCUT2D eigenvalue weighted by atomic mass is 10.1. The zero-order valence-corrected chi connectivity index (χ0v) is 15.0. The maximum absolute atomic E-state index is 13.1. The maximum atomic E-state index is 13.1. The van der Waals surface area contributed by atoms with Gasteiger partial charge in [0.25, 0.3) is 5.91 Å². The SMILES string of the molecule is COc1ccc(N(C(=O)c2ccccc2Cl)[C@@H]2C=CS(=O)(=O)C2)cc1. The number of rotatable bonds is 4. The van der Waals surface area contributed by atoms with Crippen molar-refractivity contribution in [2.24, 2.45) is 0 Å². The molecule has 1 aliphatic rings. The first-order chi connectivity index (χ1) is 11.9. The number of carbonyl (C=O) groups is 1. The largest absolute Gasteiger partial charge is 0.497 e. The van der Waals surface area contributed by atoms with Crippen LogP contribution in [0.4, 0.5) is 5.69 Å². The normalized spacial score (nSPS) is 18.1. The molecular formula is C18H16ClNO4S. The minimum absolute atomic E-state index is 0.158. The number of hydrogen-bond donors (Lipinski definition) is 0. The van der Waals surface area contributed by atoms with Gasteiger partial charge in [0.15, 0.2) is 9.84 Å². The van der Waals surface area contributed by atoms with E-state index in [0.29, 0.717) is 22.0 Å². The van der Waals surface area contributed by atoms with Crippen LogP contribution in [-0.4, -0.2) is 33.2 Å². The number of hydrogen-bond acceptors (Lipinski definition) is 4. The van der Waals surface area contributed by atoms with Crippen LogP contribution in [0.3, 0.4) is 0 Å². The summed E-state index contributed by atoms with van der Waals surface area (Å²) in [6.07, 6.45) is 1.52. The molecule has 0 spiro atoms. The number of benzene rings is 2. The predicted octanol–water partition coefficient (Wildman–Crippen LogP) is 3.31. The molecule has 0 unspecified atom stereocenters. The Kier molecular flexibility index (Phi) is 4.83. The maximum Gasteiger partial charge on any atom is 0.260 e.